The van der Waals surface area contributed by atoms with Gasteiger partial charge in [-0.1, -0.05) is 0 Å². The van der Waals surface area contributed by atoms with Crippen LogP contribution in [-0.2, 0) is 6.54 Å². The van der Waals surface area contributed by atoms with E-state index >= 15 is 0 Å². The number of hydrogen-bond acceptors (Lipinski definition) is 6. The van der Waals surface area contributed by atoms with Crippen molar-refractivity contribution in [3.8, 4) is 5.75 Å². The van der Waals surface area contributed by atoms with E-state index in [1.54, 1.807) is 0 Å². The van der Waals surface area contributed by atoms with Crippen LogP contribution in [0.2, 0.25) is 0 Å². The smallest absolute Gasteiger partial charge is 0.422 e. The van der Waals surface area contributed by atoms with E-state index in [1.807, 2.05) is 0 Å². The molecule has 1 aromatic carbocycles. The molecule has 0 saturated carbocycles. The summed E-state index contributed by atoms with van der Waals surface area (Å²) < 4.78 is 11.0. The largest absolute Gasteiger partial charge is 0.489 e. The Morgan fingerprint density at radius 2 is 2.11 bits per heavy atom. The maximum Gasteiger partial charge on any atom is 0.422 e. The first kappa shape index (κ1) is 10.5. The Kier molecular flexibility index (Phi) is 2.00. The molecule has 0 saturated heterocycles. The highest BCUT2D eigenvalue weighted by atomic mass is 16.6. The third kappa shape index (κ3) is 1.32. The molecule has 2 heterocycles. The van der Waals surface area contributed by atoms with E-state index < -0.39 is 16.3 Å². The van der Waals surface area contributed by atoms with Gasteiger partial charge in [-0.15, -0.1) is 0 Å². The Labute approximate surface area is 98.2 Å². The molecular weight excluding hydrogens is 244 g/mol. The lowest BCUT2D eigenvalue weighted by atomic mass is 10.2. The Hall–Kier alpha value is -2.64. The lowest BCUT2D eigenvalue weighted by Gasteiger charge is -2.18. The highest BCUT2D eigenvalue weighted by Gasteiger charge is 2.22. The maximum absolute atomic E-state index is 11.6. The normalized spacial score (nSPS) is 13.3. The van der Waals surface area contributed by atoms with Gasteiger partial charge >= 0.3 is 11.4 Å². The van der Waals surface area contributed by atoms with Crippen molar-refractivity contribution in [3.05, 3.63) is 43.2 Å². The summed E-state index contributed by atoms with van der Waals surface area (Å²) in [7, 11) is 0. The van der Waals surface area contributed by atoms with E-state index in [0.29, 0.717) is 0 Å². The fraction of sp³-hybridized carbons (Fsp3) is 0.200. The maximum atomic E-state index is 11.6. The first-order chi connectivity index (χ1) is 8.58. The Bertz CT molecular complexity index is 787. The van der Waals surface area contributed by atoms with Crippen molar-refractivity contribution in [1.29, 1.82) is 0 Å². The second-order valence-electron chi connectivity index (χ2n) is 3.75. The number of nitrogens with zero attached hydrogens (tertiary/aromatic N) is 2. The highest BCUT2D eigenvalue weighted by Crippen LogP contribution is 2.30. The number of ether oxygens (including phenoxy) is 1. The van der Waals surface area contributed by atoms with Crippen molar-refractivity contribution in [1.82, 2.24) is 4.57 Å². The predicted molar refractivity (Wildman–Crippen MR) is 58.9 cm³/mol. The zero-order chi connectivity index (χ0) is 12.9. The molecule has 0 aliphatic carbocycles. The lowest BCUT2D eigenvalue weighted by molar-refractivity contribution is -0.384. The van der Waals surface area contributed by atoms with Crippen molar-refractivity contribution in [3.63, 3.8) is 0 Å². The third-order valence-electron chi connectivity index (χ3n) is 2.73. The number of non-ortho nitro benzene ring substituents is 1. The summed E-state index contributed by atoms with van der Waals surface area (Å²) >= 11 is 0. The fourth-order valence-corrected chi connectivity index (χ4v) is 1.97. The van der Waals surface area contributed by atoms with Crippen LogP contribution < -0.4 is 16.1 Å². The number of aromatic nitrogens is 1. The molecule has 8 heteroatoms. The second-order valence-corrected chi connectivity index (χ2v) is 3.75. The van der Waals surface area contributed by atoms with E-state index in [-0.39, 0.29) is 35.5 Å². The molecule has 0 spiro atoms. The van der Waals surface area contributed by atoms with E-state index in [4.69, 9.17) is 4.74 Å². The molecule has 1 aliphatic heterocycles. The molecule has 3 rings (SSSR count). The van der Waals surface area contributed by atoms with Crippen LogP contribution in [0.25, 0.3) is 10.9 Å². The van der Waals surface area contributed by atoms with Crippen molar-refractivity contribution in [2.45, 2.75) is 6.54 Å². The van der Waals surface area contributed by atoms with E-state index in [9.17, 15) is 19.7 Å². The number of hydrogen-bond donors (Lipinski definition) is 0. The monoisotopic (exact) mass is 250 g/mol. The van der Waals surface area contributed by atoms with Gasteiger partial charge in [0.2, 0.25) is 0 Å². The molecule has 0 bridgehead atoms. The van der Waals surface area contributed by atoms with Crippen molar-refractivity contribution in [2.75, 3.05) is 6.61 Å². The first-order valence-electron chi connectivity index (χ1n) is 5.07. The molecule has 0 atom stereocenters. The van der Waals surface area contributed by atoms with Gasteiger partial charge in [-0.25, -0.2) is 9.59 Å². The van der Waals surface area contributed by atoms with Gasteiger partial charge < -0.3 is 9.15 Å². The Morgan fingerprint density at radius 3 is 2.83 bits per heavy atom. The molecule has 1 aromatic heterocycles. The van der Waals surface area contributed by atoms with Crippen LogP contribution in [0.1, 0.15) is 0 Å². The van der Waals surface area contributed by atoms with Gasteiger partial charge in [0.1, 0.15) is 12.1 Å². The highest BCUT2D eigenvalue weighted by molar-refractivity contribution is 5.86. The summed E-state index contributed by atoms with van der Waals surface area (Å²) in [5.41, 5.74) is -0.938. The number of nitro benzene ring substituents is 1. The van der Waals surface area contributed by atoms with Gasteiger partial charge in [0, 0.05) is 6.07 Å². The summed E-state index contributed by atoms with van der Waals surface area (Å²) in [6.45, 7) is 0.431. The standard InChI is InChI=1S/C10H6N2O6/c13-9-6-3-5(12(15)16)4-7-8(6)11(1-2-17-7)10(14)18-9/h3-4H,1-2H2. The molecule has 8 nitrogen and oxygen atoms in total. The summed E-state index contributed by atoms with van der Waals surface area (Å²) in [6, 6.07) is 2.27. The molecule has 18 heavy (non-hydrogen) atoms. The third-order valence-corrected chi connectivity index (χ3v) is 2.73. The van der Waals surface area contributed by atoms with Crippen LogP contribution in [0.3, 0.4) is 0 Å². The molecular formula is C10H6N2O6. The van der Waals surface area contributed by atoms with Crippen LogP contribution in [0, 0.1) is 10.1 Å². The van der Waals surface area contributed by atoms with Crippen molar-refractivity contribution in [2.24, 2.45) is 0 Å². The van der Waals surface area contributed by atoms with Gasteiger partial charge in [-0.3, -0.25) is 14.7 Å². The molecule has 0 amide bonds. The van der Waals surface area contributed by atoms with Crippen molar-refractivity contribution < 1.29 is 14.1 Å². The Morgan fingerprint density at radius 1 is 1.33 bits per heavy atom. The number of nitro groups is 1. The summed E-state index contributed by atoms with van der Waals surface area (Å²) in [5, 5.41) is 10.7. The zero-order valence-corrected chi connectivity index (χ0v) is 8.91. The first-order valence-corrected chi connectivity index (χ1v) is 5.07. The van der Waals surface area contributed by atoms with Gasteiger partial charge in [0.05, 0.1) is 22.9 Å². The van der Waals surface area contributed by atoms with E-state index in [1.165, 1.54) is 10.6 Å². The minimum Gasteiger partial charge on any atom is -0.489 e. The van der Waals surface area contributed by atoms with Gasteiger partial charge in [0.25, 0.3) is 5.69 Å². The fourth-order valence-electron chi connectivity index (χ4n) is 1.97. The summed E-state index contributed by atoms with van der Waals surface area (Å²) in [6.07, 6.45) is 0. The predicted octanol–water partition coefficient (Wildman–Crippen LogP) is 0.255. The van der Waals surface area contributed by atoms with Crippen LogP contribution in [0.4, 0.5) is 5.69 Å². The molecule has 0 radical (unpaired) electrons. The van der Waals surface area contributed by atoms with Gasteiger partial charge in [-0.2, -0.15) is 0 Å². The molecule has 1 aliphatic rings. The lowest BCUT2D eigenvalue weighted by Crippen LogP contribution is -2.30. The van der Waals surface area contributed by atoms with Crippen molar-refractivity contribution >= 4 is 16.6 Å². The average Bonchev–Trinajstić information content (AvgIpc) is 2.35. The van der Waals surface area contributed by atoms with Crippen LogP contribution in [0.5, 0.6) is 5.75 Å². The zero-order valence-electron chi connectivity index (χ0n) is 8.91. The molecule has 0 N–H and O–H groups in total. The number of benzene rings is 1. The molecule has 0 unspecified atom stereocenters. The van der Waals surface area contributed by atoms with E-state index in [2.05, 4.69) is 4.42 Å². The molecule has 92 valence electrons. The summed E-state index contributed by atoms with van der Waals surface area (Å²) in [4.78, 5) is 33.2. The van der Waals surface area contributed by atoms with E-state index in [0.717, 1.165) is 6.07 Å². The Balaban J connectivity index is 2.55. The van der Waals surface area contributed by atoms with Crippen LogP contribution in [0.15, 0.2) is 26.1 Å². The minimum absolute atomic E-state index is 0.0292. The second kappa shape index (κ2) is 3.42. The average molecular weight is 250 g/mol. The topological polar surface area (TPSA) is 105 Å². The van der Waals surface area contributed by atoms with Crippen LogP contribution >= 0.6 is 0 Å². The quantitative estimate of drug-likeness (QED) is 0.530. The molecule has 2 aromatic rings. The van der Waals surface area contributed by atoms with Gasteiger partial charge in [0.15, 0.2) is 5.75 Å². The van der Waals surface area contributed by atoms with Crippen LogP contribution in [-0.4, -0.2) is 16.1 Å². The molecule has 0 fully saturated rings. The summed E-state index contributed by atoms with van der Waals surface area (Å²) in [5.74, 6) is -0.638. The minimum atomic E-state index is -0.901. The van der Waals surface area contributed by atoms with Gasteiger partial charge in [-0.05, 0) is 0 Å². The number of rotatable bonds is 1. The SMILES string of the molecule is O=c1oc(=O)n2c3c(cc([N+](=O)[O-])cc13)OCC2.